The van der Waals surface area contributed by atoms with E-state index in [4.69, 9.17) is 5.73 Å². The Kier molecular flexibility index (Phi) is 6.43. The summed E-state index contributed by atoms with van der Waals surface area (Å²) in [4.78, 5) is 4.23. The van der Waals surface area contributed by atoms with E-state index in [2.05, 4.69) is 23.6 Å². The van der Waals surface area contributed by atoms with Gasteiger partial charge in [0.1, 0.15) is 5.82 Å². The Balaban J connectivity index is 3.11. The van der Waals surface area contributed by atoms with Crippen LogP contribution in [0.2, 0.25) is 0 Å². The highest BCUT2D eigenvalue weighted by molar-refractivity contribution is 5.56. The van der Waals surface area contributed by atoms with E-state index in [0.717, 1.165) is 25.2 Å². The zero-order valence-electron chi connectivity index (χ0n) is 13.4. The van der Waals surface area contributed by atoms with E-state index in [0.29, 0.717) is 11.6 Å². The normalized spacial score (nSPS) is 13.1. The van der Waals surface area contributed by atoms with E-state index in [9.17, 15) is 4.39 Å². The van der Waals surface area contributed by atoms with Crippen LogP contribution in [0.3, 0.4) is 0 Å². The summed E-state index contributed by atoms with van der Waals surface area (Å²) in [6.07, 6.45) is 0. The molecule has 114 valence electrons. The van der Waals surface area contributed by atoms with Gasteiger partial charge in [0, 0.05) is 25.7 Å². The molecular weight excluding hydrogens is 253 g/mol. The van der Waals surface area contributed by atoms with E-state index in [-0.39, 0.29) is 11.9 Å². The third kappa shape index (κ3) is 4.76. The first-order valence-electron chi connectivity index (χ1n) is 7.26. The lowest BCUT2D eigenvalue weighted by atomic mass is 10.0. The molecule has 3 nitrogen and oxygen atoms in total. The molecule has 0 heterocycles. The number of hydrogen-bond donors (Lipinski definition) is 1. The topological polar surface area (TPSA) is 32.5 Å². The lowest BCUT2D eigenvalue weighted by molar-refractivity contribution is 0.407. The zero-order valence-corrected chi connectivity index (χ0v) is 13.4. The molecule has 1 aromatic carbocycles. The highest BCUT2D eigenvalue weighted by atomic mass is 19.1. The second kappa shape index (κ2) is 7.60. The molecule has 2 N–H and O–H groups in total. The molecule has 0 saturated carbocycles. The molecule has 0 radical (unpaired) electrons. The Morgan fingerprint density at radius 1 is 1.15 bits per heavy atom. The Bertz CT molecular complexity index is 416. The Hall–Kier alpha value is -1.13. The molecule has 0 saturated heterocycles. The number of hydrogen-bond acceptors (Lipinski definition) is 3. The smallest absolute Gasteiger partial charge is 0.146 e. The number of nitrogens with two attached hydrogens (primary N) is 1. The fourth-order valence-corrected chi connectivity index (χ4v) is 2.29. The van der Waals surface area contributed by atoms with Crippen LogP contribution in [0.5, 0.6) is 0 Å². The predicted octanol–water partition coefficient (Wildman–Crippen LogP) is 2.87. The summed E-state index contributed by atoms with van der Waals surface area (Å²) in [5, 5.41) is 0. The molecule has 0 aliphatic heterocycles. The van der Waals surface area contributed by atoms with Crippen LogP contribution in [0.4, 0.5) is 10.1 Å². The SMILES string of the molecule is CC(C)CN(CCN(C)C)c1c(F)cccc1C(C)N. The van der Waals surface area contributed by atoms with Gasteiger partial charge in [-0.1, -0.05) is 26.0 Å². The summed E-state index contributed by atoms with van der Waals surface area (Å²) in [5.74, 6) is 0.289. The number of rotatable bonds is 7. The maximum Gasteiger partial charge on any atom is 0.146 e. The van der Waals surface area contributed by atoms with Gasteiger partial charge in [0.05, 0.1) is 5.69 Å². The number of benzene rings is 1. The Labute approximate surface area is 122 Å². The van der Waals surface area contributed by atoms with Crippen LogP contribution in [0.1, 0.15) is 32.4 Å². The van der Waals surface area contributed by atoms with Crippen molar-refractivity contribution >= 4 is 5.69 Å². The van der Waals surface area contributed by atoms with Crippen LogP contribution >= 0.6 is 0 Å². The highest BCUT2D eigenvalue weighted by Gasteiger charge is 2.19. The lowest BCUT2D eigenvalue weighted by Crippen LogP contribution is -2.36. The molecule has 0 aliphatic rings. The molecule has 0 aromatic heterocycles. The Morgan fingerprint density at radius 2 is 1.80 bits per heavy atom. The second-order valence-corrected chi connectivity index (χ2v) is 6.11. The van der Waals surface area contributed by atoms with E-state index in [1.165, 1.54) is 6.07 Å². The molecule has 1 unspecified atom stereocenters. The van der Waals surface area contributed by atoms with Crippen molar-refractivity contribution in [1.29, 1.82) is 0 Å². The van der Waals surface area contributed by atoms with Crippen molar-refractivity contribution < 1.29 is 4.39 Å². The van der Waals surface area contributed by atoms with Crippen LogP contribution in [0.25, 0.3) is 0 Å². The standard InChI is InChI=1S/C16H28FN3/c1-12(2)11-20(10-9-19(4)5)16-14(13(3)18)7-6-8-15(16)17/h6-8,12-13H,9-11,18H2,1-5H3. The maximum atomic E-state index is 14.3. The fraction of sp³-hybridized carbons (Fsp3) is 0.625. The molecule has 0 spiro atoms. The summed E-state index contributed by atoms with van der Waals surface area (Å²) in [6, 6.07) is 5.00. The van der Waals surface area contributed by atoms with Crippen LogP contribution in [0, 0.1) is 11.7 Å². The summed E-state index contributed by atoms with van der Waals surface area (Å²) in [5.41, 5.74) is 7.55. The third-order valence-corrected chi connectivity index (χ3v) is 3.23. The van der Waals surface area contributed by atoms with Gasteiger partial charge < -0.3 is 15.5 Å². The van der Waals surface area contributed by atoms with Crippen LogP contribution in [-0.4, -0.2) is 38.6 Å². The minimum absolute atomic E-state index is 0.172. The molecule has 20 heavy (non-hydrogen) atoms. The first-order valence-corrected chi connectivity index (χ1v) is 7.26. The first-order chi connectivity index (χ1) is 9.32. The van der Waals surface area contributed by atoms with Crippen LogP contribution in [-0.2, 0) is 0 Å². The average Bonchev–Trinajstić information content (AvgIpc) is 2.33. The largest absolute Gasteiger partial charge is 0.367 e. The lowest BCUT2D eigenvalue weighted by Gasteiger charge is -2.31. The van der Waals surface area contributed by atoms with Crippen LogP contribution < -0.4 is 10.6 Å². The quantitative estimate of drug-likeness (QED) is 0.834. The van der Waals surface area contributed by atoms with Gasteiger partial charge in [-0.25, -0.2) is 4.39 Å². The van der Waals surface area contributed by atoms with Crippen LogP contribution in [0.15, 0.2) is 18.2 Å². The van der Waals surface area contributed by atoms with E-state index in [1.54, 1.807) is 6.07 Å². The van der Waals surface area contributed by atoms with E-state index >= 15 is 0 Å². The molecule has 1 rings (SSSR count). The van der Waals surface area contributed by atoms with Crippen molar-refractivity contribution in [2.75, 3.05) is 38.6 Å². The molecule has 0 aliphatic carbocycles. The van der Waals surface area contributed by atoms with Crippen molar-refractivity contribution in [2.24, 2.45) is 11.7 Å². The highest BCUT2D eigenvalue weighted by Crippen LogP contribution is 2.29. The number of para-hydroxylation sites is 1. The van der Waals surface area contributed by atoms with Crippen molar-refractivity contribution in [3.8, 4) is 0 Å². The minimum atomic E-state index is -0.181. The summed E-state index contributed by atoms with van der Waals surface area (Å²) in [6.45, 7) is 8.71. The number of likely N-dealkylation sites (N-methyl/N-ethyl adjacent to an activating group) is 1. The first kappa shape index (κ1) is 16.9. The van der Waals surface area contributed by atoms with Gasteiger partial charge >= 0.3 is 0 Å². The summed E-state index contributed by atoms with van der Waals surface area (Å²) < 4.78 is 14.3. The van der Waals surface area contributed by atoms with Gasteiger partial charge in [0.25, 0.3) is 0 Å². The van der Waals surface area contributed by atoms with E-state index < -0.39 is 0 Å². The fourth-order valence-electron chi connectivity index (χ4n) is 2.29. The number of nitrogens with zero attached hydrogens (tertiary/aromatic N) is 2. The zero-order chi connectivity index (χ0) is 15.3. The van der Waals surface area contributed by atoms with Gasteiger partial charge in [0.2, 0.25) is 0 Å². The summed E-state index contributed by atoms with van der Waals surface area (Å²) in [7, 11) is 4.06. The molecular formula is C16H28FN3. The van der Waals surface area contributed by atoms with Gasteiger partial charge in [-0.15, -0.1) is 0 Å². The molecule has 1 atom stereocenters. The molecule has 0 fully saturated rings. The van der Waals surface area contributed by atoms with Gasteiger partial charge in [-0.3, -0.25) is 0 Å². The Morgan fingerprint density at radius 3 is 2.30 bits per heavy atom. The molecule has 0 amide bonds. The van der Waals surface area contributed by atoms with Gasteiger partial charge in [-0.05, 0) is 38.6 Å². The van der Waals surface area contributed by atoms with Crippen molar-refractivity contribution in [3.05, 3.63) is 29.6 Å². The number of halogens is 1. The van der Waals surface area contributed by atoms with Crippen molar-refractivity contribution in [3.63, 3.8) is 0 Å². The molecule has 4 heteroatoms. The van der Waals surface area contributed by atoms with Gasteiger partial charge in [-0.2, -0.15) is 0 Å². The van der Waals surface area contributed by atoms with E-state index in [1.807, 2.05) is 27.1 Å². The van der Waals surface area contributed by atoms with Crippen molar-refractivity contribution in [1.82, 2.24) is 4.90 Å². The molecule has 1 aromatic rings. The second-order valence-electron chi connectivity index (χ2n) is 6.11. The molecule has 0 bridgehead atoms. The average molecular weight is 281 g/mol. The van der Waals surface area contributed by atoms with Gasteiger partial charge in [0.15, 0.2) is 0 Å². The monoisotopic (exact) mass is 281 g/mol. The number of anilines is 1. The maximum absolute atomic E-state index is 14.3. The third-order valence-electron chi connectivity index (χ3n) is 3.23. The minimum Gasteiger partial charge on any atom is -0.367 e. The van der Waals surface area contributed by atoms with Crippen molar-refractivity contribution in [2.45, 2.75) is 26.8 Å². The predicted molar refractivity (Wildman–Crippen MR) is 84.6 cm³/mol. The summed E-state index contributed by atoms with van der Waals surface area (Å²) >= 11 is 0.